The lowest BCUT2D eigenvalue weighted by Crippen LogP contribution is -3.00. The van der Waals surface area contributed by atoms with Crippen LogP contribution in [0.25, 0.3) is 0 Å². The molecule has 1 rings (SSSR count). The minimum atomic E-state index is 0. The van der Waals surface area contributed by atoms with Gasteiger partial charge in [0.25, 0.3) is 0 Å². The van der Waals surface area contributed by atoms with Gasteiger partial charge in [-0.15, -0.1) is 0 Å². The van der Waals surface area contributed by atoms with Gasteiger partial charge >= 0.3 is 0 Å². The maximum Gasteiger partial charge on any atom is 0.199 e. The second-order valence-corrected chi connectivity index (χ2v) is 1.82. The van der Waals surface area contributed by atoms with E-state index < -0.39 is 0 Å². The van der Waals surface area contributed by atoms with Gasteiger partial charge in [0, 0.05) is 12.1 Å². The number of hydrogen-bond donors (Lipinski definition) is 1. The number of aryl methyl sites for hydroxylation is 1. The summed E-state index contributed by atoms with van der Waals surface area (Å²) < 4.78 is 1.52. The largest absolute Gasteiger partial charge is 1.00 e. The lowest BCUT2D eigenvalue weighted by atomic mass is 10.3. The average Bonchev–Trinajstić information content (AvgIpc) is 1.77. The fraction of sp³-hybridized carbons (Fsp3) is 0.167. The number of nitrogens with two attached hydrogens (primary N) is 1. The third-order valence-electron chi connectivity index (χ3n) is 1.02. The molecule has 0 amide bonds. The van der Waals surface area contributed by atoms with Gasteiger partial charge < -0.3 is 24.0 Å². The summed E-state index contributed by atoms with van der Waals surface area (Å²) in [6.07, 6.45) is 3.63. The van der Waals surface area contributed by atoms with Crippen molar-refractivity contribution in [1.82, 2.24) is 0 Å². The number of aromatic nitrogens is 1. The van der Waals surface area contributed by atoms with E-state index in [2.05, 4.69) is 0 Å². The molecule has 9 heavy (non-hydrogen) atoms. The molecular formula is C6H9IN2. The first-order valence-electron chi connectivity index (χ1n) is 2.52. The maximum atomic E-state index is 5.34. The Kier molecular flexibility index (Phi) is 3.53. The number of halogens is 1. The Balaban J connectivity index is 0.000000640. The second kappa shape index (κ2) is 3.66. The minimum Gasteiger partial charge on any atom is -1.00 e. The average molecular weight is 236 g/mol. The highest BCUT2D eigenvalue weighted by Gasteiger charge is 1.87. The summed E-state index contributed by atoms with van der Waals surface area (Å²) >= 11 is 0. The van der Waals surface area contributed by atoms with Crippen molar-refractivity contribution in [3.8, 4) is 0 Å². The van der Waals surface area contributed by atoms with Gasteiger partial charge in [0.2, 0.25) is 0 Å². The number of nitrogen functional groups attached to an aromatic ring is 1. The smallest absolute Gasteiger partial charge is 0.199 e. The number of pyridine rings is 1. The molecule has 0 aromatic carbocycles. The van der Waals surface area contributed by atoms with Crippen LogP contribution in [0.2, 0.25) is 0 Å². The lowest BCUT2D eigenvalue weighted by Gasteiger charge is -1.84. The van der Waals surface area contributed by atoms with Gasteiger partial charge in [-0.05, 0) is 12.5 Å². The fourth-order valence-corrected chi connectivity index (χ4v) is 0.513. The van der Waals surface area contributed by atoms with Gasteiger partial charge in [0.15, 0.2) is 12.4 Å². The van der Waals surface area contributed by atoms with Crippen molar-refractivity contribution in [2.45, 2.75) is 6.92 Å². The van der Waals surface area contributed by atoms with Crippen LogP contribution in [0.3, 0.4) is 0 Å². The Labute approximate surface area is 71.7 Å². The summed E-state index contributed by atoms with van der Waals surface area (Å²) in [5.74, 6) is 5.34. The molecular weight excluding hydrogens is 227 g/mol. The SMILES string of the molecule is Cc1cc[n+](N)cc1.[I-]. The van der Waals surface area contributed by atoms with Gasteiger partial charge in [0.1, 0.15) is 0 Å². The molecule has 0 bridgehead atoms. The van der Waals surface area contributed by atoms with Crippen molar-refractivity contribution in [3.63, 3.8) is 0 Å². The molecule has 50 valence electrons. The highest BCUT2D eigenvalue weighted by Crippen LogP contribution is 1.87. The first-order chi connectivity index (χ1) is 3.79. The van der Waals surface area contributed by atoms with Crippen LogP contribution in [0.4, 0.5) is 0 Å². The van der Waals surface area contributed by atoms with Gasteiger partial charge in [-0.25, -0.2) is 5.84 Å². The van der Waals surface area contributed by atoms with Crippen molar-refractivity contribution >= 4 is 0 Å². The van der Waals surface area contributed by atoms with Crippen LogP contribution >= 0.6 is 0 Å². The maximum absolute atomic E-state index is 5.34. The molecule has 0 saturated heterocycles. The predicted octanol–water partition coefficient (Wildman–Crippen LogP) is -3.00. The monoisotopic (exact) mass is 236 g/mol. The summed E-state index contributed by atoms with van der Waals surface area (Å²) in [7, 11) is 0. The highest BCUT2D eigenvalue weighted by atomic mass is 127. The van der Waals surface area contributed by atoms with Gasteiger partial charge in [-0.3, -0.25) is 0 Å². The fourth-order valence-electron chi connectivity index (χ4n) is 0.513. The summed E-state index contributed by atoms with van der Waals surface area (Å²) in [6.45, 7) is 2.03. The number of hydrogen-bond acceptors (Lipinski definition) is 1. The third-order valence-corrected chi connectivity index (χ3v) is 1.02. The normalized spacial score (nSPS) is 8.11. The van der Waals surface area contributed by atoms with E-state index in [-0.39, 0.29) is 24.0 Å². The molecule has 0 radical (unpaired) electrons. The van der Waals surface area contributed by atoms with E-state index in [1.165, 1.54) is 10.2 Å². The van der Waals surface area contributed by atoms with Crippen molar-refractivity contribution in [1.29, 1.82) is 0 Å². The number of rotatable bonds is 0. The van der Waals surface area contributed by atoms with E-state index in [4.69, 9.17) is 5.84 Å². The molecule has 0 aliphatic rings. The van der Waals surface area contributed by atoms with Crippen LogP contribution in [0, 0.1) is 6.92 Å². The Hall–Kier alpha value is -0.320. The van der Waals surface area contributed by atoms with Crippen LogP contribution in [-0.4, -0.2) is 0 Å². The van der Waals surface area contributed by atoms with Crippen molar-refractivity contribution in [3.05, 3.63) is 30.1 Å². The molecule has 0 spiro atoms. The summed E-state index contributed by atoms with van der Waals surface area (Å²) in [5, 5.41) is 0. The molecule has 0 fully saturated rings. The molecule has 0 unspecified atom stereocenters. The first-order valence-corrected chi connectivity index (χ1v) is 2.52. The summed E-state index contributed by atoms with van der Waals surface area (Å²) in [4.78, 5) is 0. The predicted molar refractivity (Wildman–Crippen MR) is 31.5 cm³/mol. The van der Waals surface area contributed by atoms with Gasteiger partial charge in [-0.2, -0.15) is 0 Å². The molecule has 0 atom stereocenters. The molecule has 1 aromatic rings. The zero-order valence-corrected chi connectivity index (χ0v) is 7.37. The third kappa shape index (κ3) is 2.64. The Morgan fingerprint density at radius 1 is 1.33 bits per heavy atom. The molecule has 2 nitrogen and oxygen atoms in total. The van der Waals surface area contributed by atoms with Gasteiger partial charge in [-0.1, -0.05) is 4.68 Å². The van der Waals surface area contributed by atoms with Gasteiger partial charge in [0.05, 0.1) is 0 Å². The zero-order valence-electron chi connectivity index (χ0n) is 5.21. The van der Waals surface area contributed by atoms with Crippen LogP contribution < -0.4 is 34.5 Å². The Morgan fingerprint density at radius 3 is 2.11 bits per heavy atom. The molecule has 1 aromatic heterocycles. The summed E-state index contributed by atoms with van der Waals surface area (Å²) in [6, 6.07) is 3.92. The second-order valence-electron chi connectivity index (χ2n) is 1.82. The highest BCUT2D eigenvalue weighted by molar-refractivity contribution is 5.02. The Morgan fingerprint density at radius 2 is 1.78 bits per heavy atom. The molecule has 0 aliphatic carbocycles. The summed E-state index contributed by atoms with van der Waals surface area (Å²) in [5.41, 5.74) is 1.23. The number of nitrogens with zero attached hydrogens (tertiary/aromatic N) is 1. The van der Waals surface area contributed by atoms with Crippen molar-refractivity contribution in [2.24, 2.45) is 0 Å². The molecule has 0 aliphatic heterocycles. The van der Waals surface area contributed by atoms with E-state index in [1.54, 1.807) is 0 Å². The van der Waals surface area contributed by atoms with E-state index in [0.29, 0.717) is 0 Å². The molecule has 2 N–H and O–H groups in total. The topological polar surface area (TPSA) is 29.9 Å². The quantitative estimate of drug-likeness (QED) is 0.290. The van der Waals surface area contributed by atoms with E-state index in [1.807, 2.05) is 31.5 Å². The van der Waals surface area contributed by atoms with E-state index in [9.17, 15) is 0 Å². The lowest BCUT2D eigenvalue weighted by molar-refractivity contribution is -0.639. The minimum absolute atomic E-state index is 0. The molecule has 3 heteroatoms. The van der Waals surface area contributed by atoms with Crippen LogP contribution in [0.15, 0.2) is 24.5 Å². The van der Waals surface area contributed by atoms with Crippen molar-refractivity contribution in [2.75, 3.05) is 5.84 Å². The van der Waals surface area contributed by atoms with Crippen LogP contribution in [0.5, 0.6) is 0 Å². The van der Waals surface area contributed by atoms with Crippen LogP contribution in [0.1, 0.15) is 5.56 Å². The van der Waals surface area contributed by atoms with E-state index >= 15 is 0 Å². The van der Waals surface area contributed by atoms with E-state index in [0.717, 1.165) is 0 Å². The first kappa shape index (κ1) is 8.68. The van der Waals surface area contributed by atoms with Crippen molar-refractivity contribution < 1.29 is 28.7 Å². The molecule has 0 saturated carbocycles. The molecule has 1 heterocycles. The Bertz CT molecular complexity index is 150. The zero-order chi connectivity index (χ0) is 5.98. The van der Waals surface area contributed by atoms with Crippen LogP contribution in [-0.2, 0) is 0 Å². The standard InChI is InChI=1S/C6H9N2.HI/c1-6-2-4-8(7)5-3-6;/h2-5H,7H2,1H3;1H/q+1;/p-1.